The van der Waals surface area contributed by atoms with Gasteiger partial charge in [-0.2, -0.15) is 0 Å². The summed E-state index contributed by atoms with van der Waals surface area (Å²) in [6.07, 6.45) is 0. The number of rotatable bonds is 3. The van der Waals surface area contributed by atoms with E-state index < -0.39 is 27.4 Å². The van der Waals surface area contributed by atoms with Crippen molar-refractivity contribution >= 4 is 27.4 Å². The molecule has 7 N–H and O–H groups in total. The molecule has 0 heterocycles. The molecule has 0 bridgehead atoms. The lowest BCUT2D eigenvalue weighted by Gasteiger charge is -2.10. The molecule has 0 aromatic carbocycles. The molecular weight excluding hydrogens is 214 g/mol. The summed E-state index contributed by atoms with van der Waals surface area (Å²) < 4.78 is 0. The van der Waals surface area contributed by atoms with E-state index >= 15 is 0 Å². The molecule has 9 heteroatoms. The number of hydrogen-bond donors (Lipinski definition) is 6. The zero-order chi connectivity index (χ0) is 10.2. The Morgan fingerprint density at radius 3 is 1.58 bits per heavy atom. The maximum absolute atomic E-state index is 8.36. The van der Waals surface area contributed by atoms with Crippen LogP contribution < -0.4 is 5.73 Å². The summed E-state index contributed by atoms with van der Waals surface area (Å²) in [4.78, 5) is 40.7. The molecule has 1 atom stereocenters. The first kappa shape index (κ1) is 14.9. The van der Waals surface area contributed by atoms with Crippen LogP contribution >= 0.6 is 0 Å². The van der Waals surface area contributed by atoms with Crippen molar-refractivity contribution in [2.45, 2.75) is 19.0 Å². The minimum absolute atomic E-state index is 0.0903. The molecule has 0 aromatic rings. The van der Waals surface area contributed by atoms with Gasteiger partial charge in [-0.1, -0.05) is 0 Å². The van der Waals surface area contributed by atoms with Crippen LogP contribution in [0.5, 0.6) is 0 Å². The van der Waals surface area contributed by atoms with Crippen molar-refractivity contribution in [3.8, 4) is 0 Å². The molecule has 1 unspecified atom stereocenters. The maximum Gasteiger partial charge on any atom is 0.494 e. The van der Waals surface area contributed by atoms with Gasteiger partial charge in [0.2, 0.25) is 0 Å². The van der Waals surface area contributed by atoms with Crippen LogP contribution in [0, 0.1) is 0 Å². The molecule has 0 fully saturated rings. The number of hydrogen-bond acceptors (Lipinski definition) is 6. The van der Waals surface area contributed by atoms with Gasteiger partial charge in [0, 0.05) is 12.1 Å². The Hall–Kier alpha value is 0.411. The Morgan fingerprint density at radius 2 is 1.58 bits per heavy atom. The smallest absolute Gasteiger partial charge is 0.439 e. The SMILES string of the molecule is CC(N)C[Si](O)(O)O.O[SiH2][SiH2]O. The molecule has 0 rings (SSSR count). The second-order valence-electron chi connectivity index (χ2n) is 2.40. The highest BCUT2D eigenvalue weighted by molar-refractivity contribution is 6.92. The zero-order valence-electron chi connectivity index (χ0n) is 7.01. The summed E-state index contributed by atoms with van der Waals surface area (Å²) in [5.74, 6) is 0. The van der Waals surface area contributed by atoms with Gasteiger partial charge in [-0.3, -0.25) is 0 Å². The van der Waals surface area contributed by atoms with Crippen molar-refractivity contribution in [1.82, 2.24) is 0 Å². The first-order valence-electron chi connectivity index (χ1n) is 3.48. The predicted molar refractivity (Wildman–Crippen MR) is 52.4 cm³/mol. The second-order valence-corrected chi connectivity index (χ2v) is 7.94. The second kappa shape index (κ2) is 8.03. The average molecular weight is 231 g/mol. The first-order valence-corrected chi connectivity index (χ1v) is 10.8. The minimum Gasteiger partial charge on any atom is -0.439 e. The minimum atomic E-state index is -3.85. The van der Waals surface area contributed by atoms with Crippen LogP contribution in [0.15, 0.2) is 0 Å². The van der Waals surface area contributed by atoms with Crippen LogP contribution in [0.2, 0.25) is 6.04 Å². The van der Waals surface area contributed by atoms with Gasteiger partial charge < -0.3 is 29.7 Å². The standard InChI is InChI=1S/C3H11NO3Si.H6O2Si2/c1-3(4)2-8(5,6)7;1-3-4-2/h3,5-7H,2,4H2,1H3;1-2H,3-4H2. The largest absolute Gasteiger partial charge is 0.494 e. The van der Waals surface area contributed by atoms with E-state index in [9.17, 15) is 0 Å². The molecule has 0 aliphatic rings. The van der Waals surface area contributed by atoms with Crippen molar-refractivity contribution < 1.29 is 24.0 Å². The molecule has 6 nitrogen and oxygen atoms in total. The first-order chi connectivity index (χ1) is 5.33. The van der Waals surface area contributed by atoms with Crippen molar-refractivity contribution in [2.75, 3.05) is 0 Å². The summed E-state index contributed by atoms with van der Waals surface area (Å²) in [5, 5.41) is 0. The molecule has 0 amide bonds. The third-order valence-corrected chi connectivity index (χ3v) is 2.69. The van der Waals surface area contributed by atoms with E-state index in [2.05, 4.69) is 0 Å². The number of nitrogens with two attached hydrogens (primary N) is 1. The summed E-state index contributed by atoms with van der Waals surface area (Å²) in [5.41, 5.74) is 5.13. The Labute approximate surface area is 76.7 Å². The van der Waals surface area contributed by atoms with Gasteiger partial charge >= 0.3 is 8.80 Å². The average Bonchev–Trinajstić information content (AvgIpc) is 1.83. The topological polar surface area (TPSA) is 127 Å². The molecular formula is C3H17NO5Si3. The highest BCUT2D eigenvalue weighted by Gasteiger charge is 2.27. The van der Waals surface area contributed by atoms with Crippen molar-refractivity contribution in [1.29, 1.82) is 0 Å². The Morgan fingerprint density at radius 1 is 1.25 bits per heavy atom. The molecule has 0 aromatic heterocycles. The fourth-order valence-electron chi connectivity index (χ4n) is 0.432. The molecule has 0 saturated carbocycles. The van der Waals surface area contributed by atoms with Gasteiger partial charge in [0.15, 0.2) is 18.6 Å². The van der Waals surface area contributed by atoms with E-state index in [4.69, 9.17) is 29.7 Å². The van der Waals surface area contributed by atoms with Gasteiger partial charge in [0.25, 0.3) is 0 Å². The molecule has 0 aliphatic carbocycles. The van der Waals surface area contributed by atoms with Crippen LogP contribution in [0.4, 0.5) is 0 Å². The highest BCUT2D eigenvalue weighted by atomic mass is 29.2. The van der Waals surface area contributed by atoms with Crippen molar-refractivity contribution in [2.24, 2.45) is 5.73 Å². The molecule has 0 saturated heterocycles. The zero-order valence-corrected chi connectivity index (χ0v) is 10.8. The third kappa shape index (κ3) is 22.4. The van der Waals surface area contributed by atoms with Gasteiger partial charge in [0.1, 0.15) is 0 Å². The van der Waals surface area contributed by atoms with Gasteiger partial charge in [0.05, 0.1) is 0 Å². The van der Waals surface area contributed by atoms with Crippen LogP contribution in [0.25, 0.3) is 0 Å². The monoisotopic (exact) mass is 231 g/mol. The lowest BCUT2D eigenvalue weighted by Crippen LogP contribution is -2.40. The van der Waals surface area contributed by atoms with Gasteiger partial charge in [-0.25, -0.2) is 0 Å². The van der Waals surface area contributed by atoms with Crippen LogP contribution in [0.1, 0.15) is 6.92 Å². The Balaban J connectivity index is 0. The lowest BCUT2D eigenvalue weighted by molar-refractivity contribution is 0.225. The fraction of sp³-hybridized carbons (Fsp3) is 1.00. The van der Waals surface area contributed by atoms with Crippen LogP contribution in [-0.4, -0.2) is 57.4 Å². The Bertz CT molecular complexity index is 94.4. The third-order valence-electron chi connectivity index (χ3n) is 0.696. The van der Waals surface area contributed by atoms with E-state index in [1.807, 2.05) is 0 Å². The van der Waals surface area contributed by atoms with E-state index in [1.54, 1.807) is 6.92 Å². The quantitative estimate of drug-likeness (QED) is 0.271. The summed E-state index contributed by atoms with van der Waals surface area (Å²) in [6, 6.07) is -0.436. The molecule has 0 aliphatic heterocycles. The van der Waals surface area contributed by atoms with Gasteiger partial charge in [-0.15, -0.1) is 0 Å². The Kier molecular flexibility index (Phi) is 9.98. The molecule has 0 radical (unpaired) electrons. The van der Waals surface area contributed by atoms with Crippen molar-refractivity contribution in [3.63, 3.8) is 0 Å². The van der Waals surface area contributed by atoms with Crippen LogP contribution in [0.3, 0.4) is 0 Å². The molecule has 0 spiro atoms. The highest BCUT2D eigenvalue weighted by Crippen LogP contribution is 1.97. The maximum atomic E-state index is 8.36. The van der Waals surface area contributed by atoms with Crippen LogP contribution in [-0.2, 0) is 0 Å². The van der Waals surface area contributed by atoms with E-state index in [-0.39, 0.29) is 12.1 Å². The summed E-state index contributed by atoms with van der Waals surface area (Å²) >= 11 is 0. The van der Waals surface area contributed by atoms with E-state index in [0.29, 0.717) is 0 Å². The summed E-state index contributed by atoms with van der Waals surface area (Å²) in [7, 11) is -5.61. The van der Waals surface area contributed by atoms with Gasteiger partial charge in [-0.05, 0) is 6.92 Å². The predicted octanol–water partition coefficient (Wildman–Crippen LogP) is -4.70. The lowest BCUT2D eigenvalue weighted by atomic mass is 10.4. The van der Waals surface area contributed by atoms with Crippen molar-refractivity contribution in [3.05, 3.63) is 0 Å². The normalized spacial score (nSPS) is 15.2. The van der Waals surface area contributed by atoms with E-state index in [0.717, 1.165) is 0 Å². The summed E-state index contributed by atoms with van der Waals surface area (Å²) in [6.45, 7) is 1.60. The fourth-order valence-corrected chi connectivity index (χ4v) is 1.30. The van der Waals surface area contributed by atoms with E-state index in [1.165, 1.54) is 0 Å². The molecule has 12 heavy (non-hydrogen) atoms. The molecule has 76 valence electrons.